The molecule has 2 nitrogen and oxygen atoms in total. The summed E-state index contributed by atoms with van der Waals surface area (Å²) in [7, 11) is 2.09. The molecule has 1 aromatic heterocycles. The van der Waals surface area contributed by atoms with Crippen LogP contribution in [0.3, 0.4) is 0 Å². The summed E-state index contributed by atoms with van der Waals surface area (Å²) >= 11 is 0. The number of nitrogens with zero attached hydrogens (tertiary/aromatic N) is 1. The molecule has 90 valence electrons. The molecular formula is C16H16N2. The van der Waals surface area contributed by atoms with Crippen molar-refractivity contribution in [3.05, 3.63) is 66.5 Å². The van der Waals surface area contributed by atoms with Crippen molar-refractivity contribution in [1.82, 2.24) is 9.88 Å². The van der Waals surface area contributed by atoms with E-state index in [9.17, 15) is 0 Å². The highest BCUT2D eigenvalue weighted by atomic mass is 15.1. The van der Waals surface area contributed by atoms with Crippen molar-refractivity contribution in [3.8, 4) is 0 Å². The molecule has 0 saturated heterocycles. The van der Waals surface area contributed by atoms with Gasteiger partial charge in [-0.3, -0.25) is 0 Å². The smallest absolute Gasteiger partial charge is 0.0654 e. The highest BCUT2D eigenvalue weighted by Gasteiger charge is 2.06. The third kappa shape index (κ3) is 1.97. The zero-order valence-corrected chi connectivity index (χ0v) is 10.4. The van der Waals surface area contributed by atoms with Gasteiger partial charge < -0.3 is 9.88 Å². The van der Waals surface area contributed by atoms with Crippen LogP contribution < -0.4 is 0 Å². The SMILES string of the molecule is CN1C=CC=CC1/C=C/c1c[nH]c2ccccc12. The maximum absolute atomic E-state index is 3.29. The monoisotopic (exact) mass is 236 g/mol. The first-order valence-electron chi connectivity index (χ1n) is 6.16. The summed E-state index contributed by atoms with van der Waals surface area (Å²) in [6.45, 7) is 0. The predicted octanol–water partition coefficient (Wildman–Crippen LogP) is 3.57. The van der Waals surface area contributed by atoms with Gasteiger partial charge in [-0.05, 0) is 23.9 Å². The van der Waals surface area contributed by atoms with Crippen molar-refractivity contribution in [3.63, 3.8) is 0 Å². The van der Waals surface area contributed by atoms with Crippen LogP contribution in [0.4, 0.5) is 0 Å². The molecule has 0 radical (unpaired) electrons. The van der Waals surface area contributed by atoms with E-state index in [1.165, 1.54) is 16.5 Å². The summed E-state index contributed by atoms with van der Waals surface area (Å²) in [6.07, 6.45) is 14.9. The van der Waals surface area contributed by atoms with E-state index in [4.69, 9.17) is 0 Å². The van der Waals surface area contributed by atoms with Crippen LogP contribution in [0.5, 0.6) is 0 Å². The number of likely N-dealkylation sites (N-methyl/N-ethyl adjacent to an activating group) is 1. The van der Waals surface area contributed by atoms with Crippen LogP contribution in [0, 0.1) is 0 Å². The van der Waals surface area contributed by atoms with Crippen LogP contribution in [0.25, 0.3) is 17.0 Å². The first-order chi connectivity index (χ1) is 8.84. The second kappa shape index (κ2) is 4.57. The van der Waals surface area contributed by atoms with Gasteiger partial charge in [-0.2, -0.15) is 0 Å². The van der Waals surface area contributed by atoms with Gasteiger partial charge in [0.1, 0.15) is 0 Å². The van der Waals surface area contributed by atoms with Gasteiger partial charge in [-0.1, -0.05) is 42.5 Å². The molecule has 0 saturated carbocycles. The third-order valence-corrected chi connectivity index (χ3v) is 3.31. The number of aromatic nitrogens is 1. The Morgan fingerprint density at radius 1 is 1.22 bits per heavy atom. The predicted molar refractivity (Wildman–Crippen MR) is 77.2 cm³/mol. The fourth-order valence-corrected chi connectivity index (χ4v) is 2.23. The quantitative estimate of drug-likeness (QED) is 0.844. The molecule has 1 aliphatic rings. The molecule has 0 bridgehead atoms. The van der Waals surface area contributed by atoms with Crippen LogP contribution in [-0.2, 0) is 0 Å². The Morgan fingerprint density at radius 2 is 2.11 bits per heavy atom. The normalized spacial score (nSPS) is 19.2. The molecule has 2 aromatic rings. The summed E-state index contributed by atoms with van der Waals surface area (Å²) in [6, 6.07) is 8.70. The molecule has 3 rings (SSSR count). The number of para-hydroxylation sites is 1. The third-order valence-electron chi connectivity index (χ3n) is 3.31. The minimum atomic E-state index is 0.337. The van der Waals surface area contributed by atoms with E-state index in [0.29, 0.717) is 6.04 Å². The Balaban J connectivity index is 1.88. The highest BCUT2D eigenvalue weighted by molar-refractivity contribution is 5.88. The highest BCUT2D eigenvalue weighted by Crippen LogP contribution is 2.19. The van der Waals surface area contributed by atoms with E-state index in [-0.39, 0.29) is 0 Å². The number of fused-ring (bicyclic) bond motifs is 1. The van der Waals surface area contributed by atoms with Crippen molar-refractivity contribution >= 4 is 17.0 Å². The Morgan fingerprint density at radius 3 is 3.00 bits per heavy atom. The number of hydrogen-bond acceptors (Lipinski definition) is 1. The van der Waals surface area contributed by atoms with E-state index in [0.717, 1.165) is 0 Å². The lowest BCUT2D eigenvalue weighted by Crippen LogP contribution is -2.24. The summed E-state index contributed by atoms with van der Waals surface area (Å²) in [5, 5.41) is 1.27. The number of H-pyrrole nitrogens is 1. The van der Waals surface area contributed by atoms with Crippen molar-refractivity contribution in [2.45, 2.75) is 6.04 Å². The number of nitrogens with one attached hydrogen (secondary N) is 1. The topological polar surface area (TPSA) is 19.0 Å². The van der Waals surface area contributed by atoms with Crippen molar-refractivity contribution in [2.75, 3.05) is 7.05 Å². The maximum atomic E-state index is 3.29. The van der Waals surface area contributed by atoms with E-state index in [1.807, 2.05) is 0 Å². The fraction of sp³-hybridized carbons (Fsp3) is 0.125. The maximum Gasteiger partial charge on any atom is 0.0654 e. The number of allylic oxidation sites excluding steroid dienone is 2. The molecule has 18 heavy (non-hydrogen) atoms. The van der Waals surface area contributed by atoms with Crippen molar-refractivity contribution < 1.29 is 0 Å². The number of hydrogen-bond donors (Lipinski definition) is 1. The second-order valence-electron chi connectivity index (χ2n) is 4.53. The second-order valence-corrected chi connectivity index (χ2v) is 4.53. The minimum Gasteiger partial charge on any atom is -0.371 e. The molecule has 0 amide bonds. The zero-order chi connectivity index (χ0) is 12.4. The van der Waals surface area contributed by atoms with Crippen molar-refractivity contribution in [2.24, 2.45) is 0 Å². The van der Waals surface area contributed by atoms with Crippen LogP contribution in [-0.4, -0.2) is 23.0 Å². The molecule has 0 spiro atoms. The van der Waals surface area contributed by atoms with Crippen LogP contribution in [0.2, 0.25) is 0 Å². The Kier molecular flexibility index (Phi) is 2.77. The number of aromatic amines is 1. The van der Waals surface area contributed by atoms with Gasteiger partial charge in [0.25, 0.3) is 0 Å². The van der Waals surface area contributed by atoms with Gasteiger partial charge in [0.15, 0.2) is 0 Å². The average Bonchev–Trinajstić information content (AvgIpc) is 2.81. The number of rotatable bonds is 2. The van der Waals surface area contributed by atoms with Gasteiger partial charge in [-0.15, -0.1) is 0 Å². The van der Waals surface area contributed by atoms with Gasteiger partial charge in [0.05, 0.1) is 6.04 Å². The standard InChI is InChI=1S/C16H16N2/c1-18-11-5-4-6-14(18)10-9-13-12-17-16-8-3-2-7-15(13)16/h2-12,14,17H,1H3/b10-9+. The molecule has 1 unspecified atom stereocenters. The molecule has 1 aliphatic heterocycles. The minimum absolute atomic E-state index is 0.337. The lowest BCUT2D eigenvalue weighted by molar-refractivity contribution is 0.434. The summed E-state index contributed by atoms with van der Waals surface area (Å²) < 4.78 is 0. The van der Waals surface area contributed by atoms with E-state index in [2.05, 4.69) is 84.0 Å². The average molecular weight is 236 g/mol. The van der Waals surface area contributed by atoms with Gasteiger partial charge >= 0.3 is 0 Å². The summed E-state index contributed by atoms with van der Waals surface area (Å²) in [5.74, 6) is 0. The molecule has 1 atom stereocenters. The van der Waals surface area contributed by atoms with Gasteiger partial charge in [-0.25, -0.2) is 0 Å². The zero-order valence-electron chi connectivity index (χ0n) is 10.4. The molecule has 0 fully saturated rings. The van der Waals surface area contributed by atoms with Crippen LogP contribution in [0.15, 0.2) is 61.0 Å². The Bertz CT molecular complexity index is 631. The fourth-order valence-electron chi connectivity index (χ4n) is 2.23. The molecule has 2 heteroatoms. The molecule has 0 aliphatic carbocycles. The van der Waals surface area contributed by atoms with E-state index < -0.39 is 0 Å². The number of benzene rings is 1. The first kappa shape index (κ1) is 10.9. The van der Waals surface area contributed by atoms with Gasteiger partial charge in [0.2, 0.25) is 0 Å². The molecule has 2 heterocycles. The van der Waals surface area contributed by atoms with Crippen LogP contribution >= 0.6 is 0 Å². The summed E-state index contributed by atoms with van der Waals surface area (Å²) in [4.78, 5) is 5.48. The van der Waals surface area contributed by atoms with Crippen LogP contribution in [0.1, 0.15) is 5.56 Å². The molecule has 1 N–H and O–H groups in total. The first-order valence-corrected chi connectivity index (χ1v) is 6.16. The Labute approximate surface area is 107 Å². The lowest BCUT2D eigenvalue weighted by atomic mass is 10.1. The largest absolute Gasteiger partial charge is 0.371 e. The van der Waals surface area contributed by atoms with Gasteiger partial charge in [0, 0.05) is 24.1 Å². The molecular weight excluding hydrogens is 220 g/mol. The van der Waals surface area contributed by atoms with E-state index in [1.54, 1.807) is 0 Å². The van der Waals surface area contributed by atoms with E-state index >= 15 is 0 Å². The molecule has 1 aromatic carbocycles. The lowest BCUT2D eigenvalue weighted by Gasteiger charge is -2.23. The summed E-state index contributed by atoms with van der Waals surface area (Å²) in [5.41, 5.74) is 2.42. The Hall–Kier alpha value is -2.22. The van der Waals surface area contributed by atoms with Crippen molar-refractivity contribution in [1.29, 1.82) is 0 Å².